The Kier molecular flexibility index (Phi) is 5.50. The van der Waals surface area contributed by atoms with Crippen molar-refractivity contribution < 1.29 is 4.74 Å². The molecule has 0 aliphatic carbocycles. The lowest BCUT2D eigenvalue weighted by Crippen LogP contribution is -2.36. The molecule has 3 aromatic rings. The molecule has 0 bridgehead atoms. The van der Waals surface area contributed by atoms with Crippen molar-refractivity contribution in [3.63, 3.8) is 0 Å². The van der Waals surface area contributed by atoms with Crippen LogP contribution in [0.15, 0.2) is 42.7 Å². The van der Waals surface area contributed by atoms with Crippen LogP contribution >= 0.6 is 11.6 Å². The molecule has 4 rings (SSSR count). The Hall–Kier alpha value is -2.64. The van der Waals surface area contributed by atoms with Gasteiger partial charge in [-0.3, -0.25) is 4.98 Å². The largest absolute Gasteiger partial charge is 0.383 e. The number of anilines is 3. The van der Waals surface area contributed by atoms with Gasteiger partial charge in [0.1, 0.15) is 5.82 Å². The van der Waals surface area contributed by atoms with Gasteiger partial charge < -0.3 is 20.3 Å². The molecular weight excluding hydrogens is 364 g/mol. The number of pyridine rings is 1. The molecule has 27 heavy (non-hydrogen) atoms. The van der Waals surface area contributed by atoms with Crippen LogP contribution in [0.1, 0.15) is 0 Å². The second kappa shape index (κ2) is 8.37. The van der Waals surface area contributed by atoms with Gasteiger partial charge in [0.25, 0.3) is 0 Å². The van der Waals surface area contributed by atoms with E-state index in [4.69, 9.17) is 16.3 Å². The lowest BCUT2D eigenvalue weighted by Gasteiger charge is -2.27. The predicted molar refractivity (Wildman–Crippen MR) is 109 cm³/mol. The molecule has 2 N–H and O–H groups in total. The highest BCUT2D eigenvalue weighted by Crippen LogP contribution is 2.24. The number of hydrogen-bond donors (Lipinski definition) is 2. The van der Waals surface area contributed by atoms with Crippen molar-refractivity contribution >= 4 is 40.0 Å². The van der Waals surface area contributed by atoms with Crippen molar-refractivity contribution in [2.45, 2.75) is 0 Å². The first-order valence-corrected chi connectivity index (χ1v) is 9.35. The summed E-state index contributed by atoms with van der Waals surface area (Å²) < 4.78 is 5.39. The molecule has 0 atom stereocenters. The lowest BCUT2D eigenvalue weighted by molar-refractivity contribution is 0.122. The monoisotopic (exact) mass is 384 g/mol. The van der Waals surface area contributed by atoms with E-state index in [0.29, 0.717) is 17.5 Å². The Morgan fingerprint density at radius 2 is 1.81 bits per heavy atom. The van der Waals surface area contributed by atoms with Crippen molar-refractivity contribution in [2.75, 3.05) is 54.9 Å². The van der Waals surface area contributed by atoms with Gasteiger partial charge in [0.15, 0.2) is 0 Å². The van der Waals surface area contributed by atoms with Crippen LogP contribution in [0.2, 0.25) is 5.02 Å². The first-order valence-electron chi connectivity index (χ1n) is 8.97. The van der Waals surface area contributed by atoms with Crippen LogP contribution in [0.25, 0.3) is 10.9 Å². The van der Waals surface area contributed by atoms with Crippen LogP contribution in [0.4, 0.5) is 17.5 Å². The van der Waals surface area contributed by atoms with Crippen LogP contribution in [-0.2, 0) is 4.74 Å². The first kappa shape index (κ1) is 17.8. The molecule has 1 aliphatic heterocycles. The standard InChI is InChI=1S/C19H21ClN6O/c20-14-1-2-15-16(3-5-21-17(15)13-14)22-7-8-24-19-23-6-4-18(25-19)26-9-11-27-12-10-26/h1-6,13H,7-12H2,(H,21,22)(H,23,24,25). The highest BCUT2D eigenvalue weighted by molar-refractivity contribution is 6.31. The summed E-state index contributed by atoms with van der Waals surface area (Å²) >= 11 is 6.04. The molecular formula is C19H21ClN6O. The van der Waals surface area contributed by atoms with E-state index in [0.717, 1.165) is 55.3 Å². The fourth-order valence-electron chi connectivity index (χ4n) is 3.05. The van der Waals surface area contributed by atoms with Crippen LogP contribution < -0.4 is 15.5 Å². The summed E-state index contributed by atoms with van der Waals surface area (Å²) in [6.07, 6.45) is 3.57. The van der Waals surface area contributed by atoms with Gasteiger partial charge in [-0.25, -0.2) is 4.98 Å². The fraction of sp³-hybridized carbons (Fsp3) is 0.316. The summed E-state index contributed by atoms with van der Waals surface area (Å²) in [5.74, 6) is 1.56. The summed E-state index contributed by atoms with van der Waals surface area (Å²) in [6.45, 7) is 4.62. The molecule has 1 aromatic carbocycles. The third-order valence-electron chi connectivity index (χ3n) is 4.40. The Labute approximate surface area is 162 Å². The summed E-state index contributed by atoms with van der Waals surface area (Å²) in [4.78, 5) is 15.5. The van der Waals surface area contributed by atoms with Crippen molar-refractivity contribution in [1.82, 2.24) is 15.0 Å². The van der Waals surface area contributed by atoms with Gasteiger partial charge in [0.2, 0.25) is 5.95 Å². The van der Waals surface area contributed by atoms with Crippen LogP contribution in [0.5, 0.6) is 0 Å². The Morgan fingerprint density at radius 1 is 1.00 bits per heavy atom. The van der Waals surface area contributed by atoms with E-state index in [1.165, 1.54) is 0 Å². The number of aromatic nitrogens is 3. The van der Waals surface area contributed by atoms with E-state index in [9.17, 15) is 0 Å². The van der Waals surface area contributed by atoms with Crippen molar-refractivity contribution in [3.05, 3.63) is 47.7 Å². The van der Waals surface area contributed by atoms with Crippen LogP contribution in [0, 0.1) is 0 Å². The van der Waals surface area contributed by atoms with Gasteiger partial charge in [0.05, 0.1) is 18.7 Å². The van der Waals surface area contributed by atoms with Gasteiger partial charge >= 0.3 is 0 Å². The molecule has 0 amide bonds. The summed E-state index contributed by atoms with van der Waals surface area (Å²) in [7, 11) is 0. The Balaban J connectivity index is 1.34. The maximum Gasteiger partial charge on any atom is 0.224 e. The quantitative estimate of drug-likeness (QED) is 0.632. The van der Waals surface area contributed by atoms with Crippen molar-refractivity contribution in [1.29, 1.82) is 0 Å². The third-order valence-corrected chi connectivity index (χ3v) is 4.64. The molecule has 1 saturated heterocycles. The Morgan fingerprint density at radius 3 is 2.70 bits per heavy atom. The molecule has 0 saturated carbocycles. The van der Waals surface area contributed by atoms with E-state index in [1.807, 2.05) is 30.3 Å². The van der Waals surface area contributed by atoms with Crippen molar-refractivity contribution in [2.24, 2.45) is 0 Å². The topological polar surface area (TPSA) is 75.2 Å². The maximum absolute atomic E-state index is 6.04. The summed E-state index contributed by atoms with van der Waals surface area (Å²) in [5.41, 5.74) is 1.91. The van der Waals surface area contributed by atoms with Crippen LogP contribution in [-0.4, -0.2) is 54.3 Å². The smallest absolute Gasteiger partial charge is 0.224 e. The zero-order valence-electron chi connectivity index (χ0n) is 14.9. The van der Waals surface area contributed by atoms with Crippen molar-refractivity contribution in [3.8, 4) is 0 Å². The number of benzene rings is 1. The zero-order chi connectivity index (χ0) is 18.5. The molecule has 1 fully saturated rings. The van der Waals surface area contributed by atoms with E-state index in [-0.39, 0.29) is 0 Å². The SMILES string of the molecule is Clc1ccc2c(NCCNc3nccc(N4CCOCC4)n3)ccnc2c1. The average molecular weight is 385 g/mol. The van der Waals surface area contributed by atoms with E-state index < -0.39 is 0 Å². The summed E-state index contributed by atoms with van der Waals surface area (Å²) in [5, 5.41) is 8.43. The molecule has 0 unspecified atom stereocenters. The Bertz CT molecular complexity index is 916. The second-order valence-electron chi connectivity index (χ2n) is 6.21. The number of hydrogen-bond acceptors (Lipinski definition) is 7. The van der Waals surface area contributed by atoms with E-state index >= 15 is 0 Å². The summed E-state index contributed by atoms with van der Waals surface area (Å²) in [6, 6.07) is 9.62. The number of rotatable bonds is 6. The molecule has 140 valence electrons. The number of nitrogens with zero attached hydrogens (tertiary/aromatic N) is 4. The molecule has 8 heteroatoms. The normalized spacial score (nSPS) is 14.3. The highest BCUT2D eigenvalue weighted by atomic mass is 35.5. The molecule has 0 spiro atoms. The minimum absolute atomic E-state index is 0.632. The average Bonchev–Trinajstić information content (AvgIpc) is 2.72. The third kappa shape index (κ3) is 4.37. The number of nitrogens with one attached hydrogen (secondary N) is 2. The molecule has 0 radical (unpaired) electrons. The predicted octanol–water partition coefficient (Wildman–Crippen LogP) is 3.04. The van der Waals surface area contributed by atoms with Gasteiger partial charge in [0, 0.05) is 54.7 Å². The number of ether oxygens (including phenoxy) is 1. The zero-order valence-corrected chi connectivity index (χ0v) is 15.6. The fourth-order valence-corrected chi connectivity index (χ4v) is 3.22. The van der Waals surface area contributed by atoms with Gasteiger partial charge in [-0.1, -0.05) is 11.6 Å². The molecule has 3 heterocycles. The number of halogens is 1. The number of morpholine rings is 1. The number of fused-ring (bicyclic) bond motifs is 1. The molecule has 1 aliphatic rings. The van der Waals surface area contributed by atoms with E-state index in [1.54, 1.807) is 12.4 Å². The minimum atomic E-state index is 0.632. The maximum atomic E-state index is 6.04. The van der Waals surface area contributed by atoms with Gasteiger partial charge in [-0.2, -0.15) is 4.98 Å². The van der Waals surface area contributed by atoms with Gasteiger partial charge in [-0.05, 0) is 30.3 Å². The molecule has 2 aromatic heterocycles. The van der Waals surface area contributed by atoms with E-state index in [2.05, 4.69) is 30.5 Å². The second-order valence-corrected chi connectivity index (χ2v) is 6.65. The first-order chi connectivity index (χ1) is 13.3. The van der Waals surface area contributed by atoms with Crippen LogP contribution in [0.3, 0.4) is 0 Å². The molecule has 7 nitrogen and oxygen atoms in total. The lowest BCUT2D eigenvalue weighted by atomic mass is 10.2. The minimum Gasteiger partial charge on any atom is -0.383 e. The highest BCUT2D eigenvalue weighted by Gasteiger charge is 2.12. The van der Waals surface area contributed by atoms with Gasteiger partial charge in [-0.15, -0.1) is 0 Å².